The van der Waals surface area contributed by atoms with E-state index in [0.29, 0.717) is 28.4 Å². The topological polar surface area (TPSA) is 88.7 Å². The average molecular weight is 371 g/mol. The van der Waals surface area contributed by atoms with Crippen LogP contribution in [0.4, 0.5) is 11.4 Å². The Morgan fingerprint density at radius 1 is 1.00 bits per heavy atom. The molecule has 0 unspecified atom stereocenters. The number of carbonyl (C=O) groups excluding carboxylic acids is 2. The molecule has 144 valence electrons. The second-order valence-electron chi connectivity index (χ2n) is 6.17. The van der Waals surface area contributed by atoms with Crippen molar-refractivity contribution >= 4 is 23.2 Å². The molecule has 3 N–H and O–H groups in total. The second-order valence-corrected chi connectivity index (χ2v) is 6.17. The highest BCUT2D eigenvalue weighted by atomic mass is 16.5. The van der Waals surface area contributed by atoms with Crippen molar-refractivity contribution in [2.75, 3.05) is 31.4 Å². The summed E-state index contributed by atoms with van der Waals surface area (Å²) in [6, 6.07) is 12.1. The highest BCUT2D eigenvalue weighted by molar-refractivity contribution is 5.96. The first-order valence-corrected chi connectivity index (χ1v) is 8.59. The zero-order valence-electron chi connectivity index (χ0n) is 16.0. The van der Waals surface area contributed by atoms with Crippen LogP contribution >= 0.6 is 0 Å². The van der Waals surface area contributed by atoms with Gasteiger partial charge in [-0.2, -0.15) is 0 Å². The Kier molecular flexibility index (Phi) is 7.05. The lowest BCUT2D eigenvalue weighted by Gasteiger charge is -2.13. The molecule has 2 aromatic rings. The van der Waals surface area contributed by atoms with Crippen molar-refractivity contribution in [2.24, 2.45) is 0 Å². The van der Waals surface area contributed by atoms with Gasteiger partial charge in [-0.25, -0.2) is 0 Å². The molecule has 0 aliphatic rings. The van der Waals surface area contributed by atoms with Crippen molar-refractivity contribution in [1.29, 1.82) is 0 Å². The number of amides is 2. The summed E-state index contributed by atoms with van der Waals surface area (Å²) in [6.07, 6.45) is 0. The number of rotatable bonds is 8. The molecule has 2 amide bonds. The third-order valence-electron chi connectivity index (χ3n) is 3.70. The summed E-state index contributed by atoms with van der Waals surface area (Å²) in [7, 11) is 3.13. The lowest BCUT2D eigenvalue weighted by Crippen LogP contribution is -2.30. The van der Waals surface area contributed by atoms with Crippen LogP contribution in [0.1, 0.15) is 24.2 Å². The molecule has 0 aliphatic carbocycles. The van der Waals surface area contributed by atoms with E-state index in [1.165, 1.54) is 0 Å². The number of methoxy groups -OCH3 is 2. The Morgan fingerprint density at radius 2 is 1.70 bits per heavy atom. The highest BCUT2D eigenvalue weighted by Crippen LogP contribution is 2.28. The maximum absolute atomic E-state index is 12.2. The fraction of sp³-hybridized carbons (Fsp3) is 0.300. The summed E-state index contributed by atoms with van der Waals surface area (Å²) >= 11 is 0. The zero-order valence-corrected chi connectivity index (χ0v) is 16.0. The van der Waals surface area contributed by atoms with E-state index in [4.69, 9.17) is 9.47 Å². The average Bonchev–Trinajstić information content (AvgIpc) is 2.66. The molecule has 7 heteroatoms. The molecule has 0 spiro atoms. The summed E-state index contributed by atoms with van der Waals surface area (Å²) in [5, 5.41) is 8.63. The molecule has 0 bridgehead atoms. The minimum Gasteiger partial charge on any atom is -0.497 e. The second kappa shape index (κ2) is 9.47. The number of anilines is 2. The summed E-state index contributed by atoms with van der Waals surface area (Å²) in [5.41, 5.74) is 1.81. The van der Waals surface area contributed by atoms with Crippen molar-refractivity contribution < 1.29 is 19.1 Å². The van der Waals surface area contributed by atoms with E-state index in [-0.39, 0.29) is 24.4 Å². The molecule has 7 nitrogen and oxygen atoms in total. The Hall–Kier alpha value is -3.22. The van der Waals surface area contributed by atoms with Gasteiger partial charge in [0.1, 0.15) is 11.5 Å². The van der Waals surface area contributed by atoms with Crippen LogP contribution in [0.2, 0.25) is 0 Å². The first kappa shape index (κ1) is 20.1. The Morgan fingerprint density at radius 3 is 2.30 bits per heavy atom. The zero-order chi connectivity index (χ0) is 19.8. The molecule has 0 saturated carbocycles. The number of benzene rings is 2. The van der Waals surface area contributed by atoms with Gasteiger partial charge >= 0.3 is 0 Å². The van der Waals surface area contributed by atoms with Crippen molar-refractivity contribution in [1.82, 2.24) is 5.32 Å². The molecule has 0 fully saturated rings. The number of ether oxygens (including phenoxy) is 2. The van der Waals surface area contributed by atoms with Gasteiger partial charge in [0.15, 0.2) is 0 Å². The molecule has 27 heavy (non-hydrogen) atoms. The van der Waals surface area contributed by atoms with Crippen LogP contribution in [0.25, 0.3) is 0 Å². The van der Waals surface area contributed by atoms with Crippen molar-refractivity contribution in [2.45, 2.75) is 19.9 Å². The largest absolute Gasteiger partial charge is 0.497 e. The Labute approximate surface area is 159 Å². The van der Waals surface area contributed by atoms with Gasteiger partial charge in [0, 0.05) is 23.4 Å². The van der Waals surface area contributed by atoms with Gasteiger partial charge in [-0.3, -0.25) is 9.59 Å². The predicted molar refractivity (Wildman–Crippen MR) is 106 cm³/mol. The van der Waals surface area contributed by atoms with E-state index < -0.39 is 0 Å². The smallest absolute Gasteiger partial charge is 0.251 e. The van der Waals surface area contributed by atoms with Gasteiger partial charge in [-0.1, -0.05) is 0 Å². The van der Waals surface area contributed by atoms with Crippen molar-refractivity contribution in [3.63, 3.8) is 0 Å². The quantitative estimate of drug-likeness (QED) is 0.664. The van der Waals surface area contributed by atoms with Crippen LogP contribution in [0.3, 0.4) is 0 Å². The molecular weight excluding hydrogens is 346 g/mol. The van der Waals surface area contributed by atoms with Gasteiger partial charge in [0.05, 0.1) is 26.5 Å². The van der Waals surface area contributed by atoms with Gasteiger partial charge in [-0.15, -0.1) is 0 Å². The van der Waals surface area contributed by atoms with E-state index in [0.717, 1.165) is 0 Å². The summed E-state index contributed by atoms with van der Waals surface area (Å²) in [5.74, 6) is 0.909. The van der Waals surface area contributed by atoms with Gasteiger partial charge in [0.2, 0.25) is 5.91 Å². The first-order valence-electron chi connectivity index (χ1n) is 8.59. The van der Waals surface area contributed by atoms with Crippen LogP contribution in [-0.2, 0) is 4.79 Å². The molecule has 2 rings (SSSR count). The highest BCUT2D eigenvalue weighted by Gasteiger charge is 2.09. The van der Waals surface area contributed by atoms with Crippen LogP contribution in [-0.4, -0.2) is 38.6 Å². The van der Waals surface area contributed by atoms with Crippen molar-refractivity contribution in [3.05, 3.63) is 48.0 Å². The van der Waals surface area contributed by atoms with E-state index in [1.807, 2.05) is 13.8 Å². The first-order chi connectivity index (χ1) is 12.9. The Balaban J connectivity index is 1.93. The maximum atomic E-state index is 12.2. The van der Waals surface area contributed by atoms with E-state index >= 15 is 0 Å². The number of hydrogen-bond donors (Lipinski definition) is 3. The van der Waals surface area contributed by atoms with Crippen LogP contribution in [0.5, 0.6) is 11.5 Å². The van der Waals surface area contributed by atoms with Crippen LogP contribution in [0, 0.1) is 0 Å². The van der Waals surface area contributed by atoms with E-state index in [1.54, 1.807) is 56.7 Å². The molecule has 0 heterocycles. The van der Waals surface area contributed by atoms with Gasteiger partial charge in [0.25, 0.3) is 5.91 Å². The lowest BCUT2D eigenvalue weighted by atomic mass is 10.2. The van der Waals surface area contributed by atoms with E-state index in [9.17, 15) is 9.59 Å². The fourth-order valence-corrected chi connectivity index (χ4v) is 2.38. The maximum Gasteiger partial charge on any atom is 0.251 e. The molecule has 0 saturated heterocycles. The van der Waals surface area contributed by atoms with Crippen LogP contribution in [0.15, 0.2) is 42.5 Å². The van der Waals surface area contributed by atoms with E-state index in [2.05, 4.69) is 16.0 Å². The Bertz CT molecular complexity index is 788. The molecule has 0 aliphatic heterocycles. The molecule has 0 radical (unpaired) electrons. The number of nitrogens with one attached hydrogen (secondary N) is 3. The number of carbonyl (C=O) groups is 2. The van der Waals surface area contributed by atoms with Gasteiger partial charge < -0.3 is 25.4 Å². The molecule has 2 aromatic carbocycles. The monoisotopic (exact) mass is 371 g/mol. The van der Waals surface area contributed by atoms with Gasteiger partial charge in [-0.05, 0) is 50.2 Å². The predicted octanol–water partition coefficient (Wildman–Crippen LogP) is 2.89. The minimum atomic E-state index is -0.223. The summed E-state index contributed by atoms with van der Waals surface area (Å²) in [6.45, 7) is 3.85. The lowest BCUT2D eigenvalue weighted by molar-refractivity contribution is -0.114. The number of hydrogen-bond acceptors (Lipinski definition) is 5. The normalized spacial score (nSPS) is 10.3. The minimum absolute atomic E-state index is 0.0547. The molecule has 0 aromatic heterocycles. The third kappa shape index (κ3) is 5.91. The summed E-state index contributed by atoms with van der Waals surface area (Å²) in [4.78, 5) is 24.1. The molecule has 0 atom stereocenters. The SMILES string of the molecule is COc1ccc(OC)c(NCC(=O)Nc2ccc(C(=O)NC(C)C)cc2)c1. The summed E-state index contributed by atoms with van der Waals surface area (Å²) < 4.78 is 10.5. The van der Waals surface area contributed by atoms with Crippen molar-refractivity contribution in [3.8, 4) is 11.5 Å². The van der Waals surface area contributed by atoms with Crippen LogP contribution < -0.4 is 25.4 Å². The standard InChI is InChI=1S/C20H25N3O4/c1-13(2)22-20(25)14-5-7-15(8-6-14)23-19(24)12-21-17-11-16(26-3)9-10-18(17)27-4/h5-11,13,21H,12H2,1-4H3,(H,22,25)(H,23,24). The third-order valence-corrected chi connectivity index (χ3v) is 3.70. The fourth-order valence-electron chi connectivity index (χ4n) is 2.38. The molecular formula is C20H25N3O4.